The van der Waals surface area contributed by atoms with Crippen LogP contribution in [-0.2, 0) is 16.6 Å². The predicted molar refractivity (Wildman–Crippen MR) is 120 cm³/mol. The van der Waals surface area contributed by atoms with Gasteiger partial charge in [0.1, 0.15) is 0 Å². The molecule has 5 nitrogen and oxygen atoms in total. The van der Waals surface area contributed by atoms with Crippen molar-refractivity contribution in [2.24, 2.45) is 0 Å². The highest BCUT2D eigenvalue weighted by Crippen LogP contribution is 2.22. The van der Waals surface area contributed by atoms with Crippen LogP contribution in [0.3, 0.4) is 0 Å². The molecule has 2 aromatic rings. The third-order valence-electron chi connectivity index (χ3n) is 5.74. The van der Waals surface area contributed by atoms with Gasteiger partial charge in [-0.15, -0.1) is 0 Å². The summed E-state index contributed by atoms with van der Waals surface area (Å²) in [5, 5.41) is 3.01. The van der Waals surface area contributed by atoms with E-state index in [0.29, 0.717) is 11.8 Å². The van der Waals surface area contributed by atoms with Crippen LogP contribution in [-0.4, -0.2) is 52.3 Å². The lowest BCUT2D eigenvalue weighted by atomic mass is 9.97. The second kappa shape index (κ2) is 10.0. The number of carbonyl (C=O) groups is 1. The Morgan fingerprint density at radius 1 is 1.21 bits per heavy atom. The van der Waals surface area contributed by atoms with Crippen molar-refractivity contribution in [2.75, 3.05) is 25.5 Å². The maximum absolute atomic E-state index is 12.8. The highest BCUT2D eigenvalue weighted by atomic mass is 32.2. The summed E-state index contributed by atoms with van der Waals surface area (Å²) < 4.78 is 12.6. The summed E-state index contributed by atoms with van der Waals surface area (Å²) in [6, 6.07) is 17.7. The van der Waals surface area contributed by atoms with Crippen molar-refractivity contribution in [3.63, 3.8) is 0 Å². The Balaban J connectivity index is 1.59. The molecule has 29 heavy (non-hydrogen) atoms. The highest BCUT2D eigenvalue weighted by Gasteiger charge is 2.29. The Kier molecular flexibility index (Phi) is 7.45. The number of anilines is 1. The van der Waals surface area contributed by atoms with Crippen molar-refractivity contribution in [1.82, 2.24) is 9.80 Å². The Morgan fingerprint density at radius 3 is 2.66 bits per heavy atom. The summed E-state index contributed by atoms with van der Waals surface area (Å²) in [6.45, 7) is 6.50. The molecule has 2 aromatic carbocycles. The van der Waals surface area contributed by atoms with Crippen LogP contribution in [0.5, 0.6) is 0 Å². The SMILES string of the molecule is CCN1CC[C@H](N(C)C(=O)Nc2cccc(C[S@](=O)c3ccccc3)c2)C[C@H]1C. The number of rotatable bonds is 6. The van der Waals surface area contributed by atoms with E-state index in [4.69, 9.17) is 0 Å². The molecular formula is C23H31N3O2S. The minimum Gasteiger partial charge on any atom is -0.325 e. The standard InChI is InChI=1S/C23H31N3O2S/c1-4-26-14-13-21(15-18(26)2)25(3)23(27)24-20-10-8-9-19(16-20)17-29(28)22-11-6-5-7-12-22/h5-12,16,18,21H,4,13-15,17H2,1-3H3,(H,24,27)/t18-,21+,29+/m1/s1. The van der Waals surface area contributed by atoms with Crippen LogP contribution in [0.25, 0.3) is 0 Å². The second-order valence-electron chi connectivity index (χ2n) is 7.70. The lowest BCUT2D eigenvalue weighted by molar-refractivity contribution is 0.104. The van der Waals surface area contributed by atoms with Crippen molar-refractivity contribution < 1.29 is 9.00 Å². The van der Waals surface area contributed by atoms with Crippen LogP contribution < -0.4 is 5.32 Å². The molecule has 3 rings (SSSR count). The molecule has 0 aliphatic carbocycles. The van der Waals surface area contributed by atoms with Crippen LogP contribution in [0.2, 0.25) is 0 Å². The fraction of sp³-hybridized carbons (Fsp3) is 0.435. The molecule has 1 N–H and O–H groups in total. The molecule has 0 spiro atoms. The lowest BCUT2D eigenvalue weighted by Crippen LogP contribution is -2.50. The molecule has 1 heterocycles. The molecule has 0 bridgehead atoms. The molecule has 1 aliphatic rings. The smallest absolute Gasteiger partial charge is 0.321 e. The van der Waals surface area contributed by atoms with Crippen molar-refractivity contribution in [3.8, 4) is 0 Å². The Labute approximate surface area is 176 Å². The topological polar surface area (TPSA) is 52.6 Å². The molecule has 0 aromatic heterocycles. The van der Waals surface area contributed by atoms with Gasteiger partial charge >= 0.3 is 6.03 Å². The van der Waals surface area contributed by atoms with E-state index in [0.717, 1.165) is 42.1 Å². The minimum atomic E-state index is -1.10. The minimum absolute atomic E-state index is 0.0894. The van der Waals surface area contributed by atoms with Gasteiger partial charge in [-0.3, -0.25) is 4.21 Å². The van der Waals surface area contributed by atoms with Gasteiger partial charge in [0, 0.05) is 36.3 Å². The molecule has 6 heteroatoms. The van der Waals surface area contributed by atoms with E-state index in [2.05, 4.69) is 24.1 Å². The number of urea groups is 1. The number of amides is 2. The van der Waals surface area contributed by atoms with E-state index < -0.39 is 10.8 Å². The molecule has 1 aliphatic heterocycles. The third-order valence-corrected chi connectivity index (χ3v) is 7.14. The summed E-state index contributed by atoms with van der Waals surface area (Å²) in [7, 11) is 0.773. The van der Waals surface area contributed by atoms with Gasteiger partial charge < -0.3 is 15.1 Å². The summed E-state index contributed by atoms with van der Waals surface area (Å²) in [5.74, 6) is 0.427. The summed E-state index contributed by atoms with van der Waals surface area (Å²) in [5.41, 5.74) is 1.68. The number of hydrogen-bond donors (Lipinski definition) is 1. The van der Waals surface area contributed by atoms with E-state index in [-0.39, 0.29) is 12.1 Å². The van der Waals surface area contributed by atoms with E-state index in [1.807, 2.05) is 66.5 Å². The van der Waals surface area contributed by atoms with Crippen molar-refractivity contribution in [3.05, 3.63) is 60.2 Å². The quantitative estimate of drug-likeness (QED) is 0.767. The first-order valence-electron chi connectivity index (χ1n) is 10.3. The number of hydrogen-bond acceptors (Lipinski definition) is 3. The van der Waals surface area contributed by atoms with Crippen molar-refractivity contribution in [2.45, 2.75) is 49.4 Å². The Hall–Kier alpha value is -2.18. The van der Waals surface area contributed by atoms with Crippen LogP contribution in [0.15, 0.2) is 59.5 Å². The molecule has 0 saturated carbocycles. The summed E-state index contributed by atoms with van der Waals surface area (Å²) in [4.78, 5) is 17.9. The van der Waals surface area contributed by atoms with E-state index in [1.165, 1.54) is 0 Å². The normalized spacial score (nSPS) is 20.8. The maximum Gasteiger partial charge on any atom is 0.321 e. The van der Waals surface area contributed by atoms with Gasteiger partial charge in [-0.05, 0) is 56.1 Å². The molecule has 1 fully saturated rings. The zero-order valence-corrected chi connectivity index (χ0v) is 18.3. The first-order valence-corrected chi connectivity index (χ1v) is 11.6. The average Bonchev–Trinajstić information content (AvgIpc) is 2.74. The van der Waals surface area contributed by atoms with E-state index >= 15 is 0 Å². The van der Waals surface area contributed by atoms with Gasteiger partial charge in [0.15, 0.2) is 0 Å². The number of benzene rings is 2. The van der Waals surface area contributed by atoms with E-state index in [9.17, 15) is 9.00 Å². The number of carbonyl (C=O) groups excluding carboxylic acids is 1. The lowest BCUT2D eigenvalue weighted by Gasteiger charge is -2.40. The number of piperidine rings is 1. The molecular weight excluding hydrogens is 382 g/mol. The largest absolute Gasteiger partial charge is 0.325 e. The van der Waals surface area contributed by atoms with Crippen molar-refractivity contribution >= 4 is 22.5 Å². The number of nitrogens with zero attached hydrogens (tertiary/aromatic N) is 2. The molecule has 1 saturated heterocycles. The maximum atomic E-state index is 12.8. The average molecular weight is 414 g/mol. The molecule has 156 valence electrons. The monoisotopic (exact) mass is 413 g/mol. The van der Waals surface area contributed by atoms with Crippen LogP contribution >= 0.6 is 0 Å². The van der Waals surface area contributed by atoms with Crippen LogP contribution in [0, 0.1) is 0 Å². The van der Waals surface area contributed by atoms with Gasteiger partial charge in [0.2, 0.25) is 0 Å². The van der Waals surface area contributed by atoms with Gasteiger partial charge in [-0.25, -0.2) is 4.79 Å². The van der Waals surface area contributed by atoms with Crippen LogP contribution in [0.4, 0.5) is 10.5 Å². The van der Waals surface area contributed by atoms with E-state index in [1.54, 1.807) is 0 Å². The van der Waals surface area contributed by atoms with Gasteiger partial charge in [0.05, 0.1) is 16.6 Å². The third kappa shape index (κ3) is 5.67. The zero-order valence-electron chi connectivity index (χ0n) is 17.5. The number of likely N-dealkylation sites (tertiary alicyclic amines) is 1. The predicted octanol–water partition coefficient (Wildman–Crippen LogP) is 4.33. The summed E-state index contributed by atoms with van der Waals surface area (Å²) >= 11 is 0. The highest BCUT2D eigenvalue weighted by molar-refractivity contribution is 7.84. The van der Waals surface area contributed by atoms with Crippen molar-refractivity contribution in [1.29, 1.82) is 0 Å². The fourth-order valence-electron chi connectivity index (χ4n) is 3.94. The summed E-state index contributed by atoms with van der Waals surface area (Å²) in [6.07, 6.45) is 1.99. The number of nitrogens with one attached hydrogen (secondary N) is 1. The molecule has 0 radical (unpaired) electrons. The van der Waals surface area contributed by atoms with Crippen LogP contribution in [0.1, 0.15) is 32.3 Å². The Morgan fingerprint density at radius 2 is 1.97 bits per heavy atom. The van der Waals surface area contributed by atoms with Gasteiger partial charge in [-0.1, -0.05) is 37.3 Å². The molecule has 3 atom stereocenters. The Bertz CT molecular complexity index is 843. The molecule has 2 amide bonds. The van der Waals surface area contributed by atoms with Gasteiger partial charge in [-0.2, -0.15) is 0 Å². The first-order chi connectivity index (χ1) is 14.0. The molecule has 0 unspecified atom stereocenters. The second-order valence-corrected chi connectivity index (χ2v) is 9.15. The van der Waals surface area contributed by atoms with Gasteiger partial charge in [0.25, 0.3) is 0 Å². The first kappa shape index (κ1) is 21.5. The zero-order chi connectivity index (χ0) is 20.8. The fourth-order valence-corrected chi connectivity index (χ4v) is 5.05.